The van der Waals surface area contributed by atoms with Crippen LogP contribution in [-0.2, 0) is 0 Å². The normalized spacial score (nSPS) is 18.9. The van der Waals surface area contributed by atoms with Gasteiger partial charge in [-0.25, -0.2) is 4.98 Å². The molecule has 0 atom stereocenters. The SMILES string of the molecule is Cc1csc(N2CCC(CN)CC2)n1. The van der Waals surface area contributed by atoms with E-state index in [9.17, 15) is 0 Å². The van der Waals surface area contributed by atoms with Gasteiger partial charge in [-0.1, -0.05) is 0 Å². The Hall–Kier alpha value is -0.610. The topological polar surface area (TPSA) is 42.1 Å². The second kappa shape index (κ2) is 4.28. The lowest BCUT2D eigenvalue weighted by Crippen LogP contribution is -2.35. The Morgan fingerprint density at radius 2 is 2.29 bits per heavy atom. The summed E-state index contributed by atoms with van der Waals surface area (Å²) in [5.41, 5.74) is 6.79. The molecule has 2 N–H and O–H groups in total. The fourth-order valence-corrected chi connectivity index (χ4v) is 2.70. The van der Waals surface area contributed by atoms with Crippen molar-refractivity contribution >= 4 is 16.5 Å². The Morgan fingerprint density at radius 1 is 1.57 bits per heavy atom. The van der Waals surface area contributed by atoms with E-state index in [4.69, 9.17) is 5.73 Å². The van der Waals surface area contributed by atoms with Crippen molar-refractivity contribution in [2.75, 3.05) is 24.5 Å². The fraction of sp³-hybridized carbons (Fsp3) is 0.700. The van der Waals surface area contributed by atoms with Crippen LogP contribution in [0.3, 0.4) is 0 Å². The first-order valence-corrected chi connectivity index (χ1v) is 6.04. The number of hydrogen-bond acceptors (Lipinski definition) is 4. The molecule has 1 aliphatic rings. The number of aryl methyl sites for hydroxylation is 1. The molecular formula is C10H17N3S. The zero-order chi connectivity index (χ0) is 9.97. The lowest BCUT2D eigenvalue weighted by molar-refractivity contribution is 0.414. The minimum atomic E-state index is 0.729. The zero-order valence-corrected chi connectivity index (χ0v) is 9.39. The molecular weight excluding hydrogens is 194 g/mol. The average Bonchev–Trinajstić information content (AvgIpc) is 2.65. The number of nitrogens with two attached hydrogens (primary N) is 1. The highest BCUT2D eigenvalue weighted by Gasteiger charge is 2.19. The standard InChI is InChI=1S/C10H17N3S/c1-8-7-14-10(12-8)13-4-2-9(6-11)3-5-13/h7,9H,2-6,11H2,1H3. The van der Waals surface area contributed by atoms with Crippen molar-refractivity contribution in [3.8, 4) is 0 Å². The van der Waals surface area contributed by atoms with E-state index < -0.39 is 0 Å². The fourth-order valence-electron chi connectivity index (χ4n) is 1.85. The molecule has 0 bridgehead atoms. The van der Waals surface area contributed by atoms with Gasteiger partial charge in [-0.3, -0.25) is 0 Å². The summed E-state index contributed by atoms with van der Waals surface area (Å²) < 4.78 is 0. The molecule has 0 spiro atoms. The van der Waals surface area contributed by atoms with Gasteiger partial charge in [0.2, 0.25) is 0 Å². The summed E-state index contributed by atoms with van der Waals surface area (Å²) in [4.78, 5) is 6.88. The Labute approximate surface area is 88.9 Å². The summed E-state index contributed by atoms with van der Waals surface area (Å²) in [6.07, 6.45) is 2.43. The van der Waals surface area contributed by atoms with Crippen molar-refractivity contribution in [1.29, 1.82) is 0 Å². The summed E-state index contributed by atoms with van der Waals surface area (Å²) in [5.74, 6) is 0.729. The minimum Gasteiger partial charge on any atom is -0.348 e. The molecule has 1 saturated heterocycles. The predicted molar refractivity (Wildman–Crippen MR) is 60.8 cm³/mol. The number of hydrogen-bond donors (Lipinski definition) is 1. The van der Waals surface area contributed by atoms with Crippen LogP contribution in [0.2, 0.25) is 0 Å². The smallest absolute Gasteiger partial charge is 0.185 e. The molecule has 4 heteroatoms. The van der Waals surface area contributed by atoms with Crippen molar-refractivity contribution in [3.05, 3.63) is 11.1 Å². The van der Waals surface area contributed by atoms with Gasteiger partial charge in [-0.05, 0) is 32.2 Å². The van der Waals surface area contributed by atoms with Gasteiger partial charge in [0.05, 0.1) is 5.69 Å². The highest BCUT2D eigenvalue weighted by Crippen LogP contribution is 2.25. The number of anilines is 1. The molecule has 0 radical (unpaired) electrons. The van der Waals surface area contributed by atoms with E-state index in [0.717, 1.165) is 31.2 Å². The van der Waals surface area contributed by atoms with Crippen LogP contribution in [0.25, 0.3) is 0 Å². The van der Waals surface area contributed by atoms with E-state index in [1.165, 1.54) is 18.0 Å². The molecule has 1 aromatic heterocycles. The van der Waals surface area contributed by atoms with Crippen LogP contribution >= 0.6 is 11.3 Å². The van der Waals surface area contributed by atoms with Gasteiger partial charge < -0.3 is 10.6 Å². The third kappa shape index (κ3) is 2.07. The summed E-state index contributed by atoms with van der Waals surface area (Å²) >= 11 is 1.75. The number of rotatable bonds is 2. The van der Waals surface area contributed by atoms with Gasteiger partial charge in [0.15, 0.2) is 5.13 Å². The second-order valence-corrected chi connectivity index (χ2v) is 4.77. The van der Waals surface area contributed by atoms with Gasteiger partial charge in [0, 0.05) is 18.5 Å². The molecule has 3 nitrogen and oxygen atoms in total. The van der Waals surface area contributed by atoms with E-state index >= 15 is 0 Å². The maximum absolute atomic E-state index is 5.66. The van der Waals surface area contributed by atoms with Crippen molar-refractivity contribution in [2.45, 2.75) is 19.8 Å². The lowest BCUT2D eigenvalue weighted by atomic mass is 9.98. The zero-order valence-electron chi connectivity index (χ0n) is 8.57. The van der Waals surface area contributed by atoms with Crippen LogP contribution in [-0.4, -0.2) is 24.6 Å². The molecule has 1 aromatic rings. The van der Waals surface area contributed by atoms with Crippen LogP contribution < -0.4 is 10.6 Å². The third-order valence-corrected chi connectivity index (χ3v) is 3.84. The van der Waals surface area contributed by atoms with E-state index in [1.54, 1.807) is 11.3 Å². The van der Waals surface area contributed by atoms with Gasteiger partial charge in [-0.15, -0.1) is 11.3 Å². The first-order chi connectivity index (χ1) is 6.79. The lowest BCUT2D eigenvalue weighted by Gasteiger charge is -2.30. The molecule has 0 aromatic carbocycles. The monoisotopic (exact) mass is 211 g/mol. The van der Waals surface area contributed by atoms with Crippen LogP contribution in [0.1, 0.15) is 18.5 Å². The van der Waals surface area contributed by atoms with Gasteiger partial charge in [0.1, 0.15) is 0 Å². The van der Waals surface area contributed by atoms with Crippen LogP contribution in [0.4, 0.5) is 5.13 Å². The van der Waals surface area contributed by atoms with Crippen molar-refractivity contribution in [3.63, 3.8) is 0 Å². The third-order valence-electron chi connectivity index (χ3n) is 2.83. The quantitative estimate of drug-likeness (QED) is 0.808. The second-order valence-electron chi connectivity index (χ2n) is 3.94. The first kappa shape index (κ1) is 9.93. The van der Waals surface area contributed by atoms with E-state index in [1.807, 2.05) is 6.92 Å². The largest absolute Gasteiger partial charge is 0.348 e. The van der Waals surface area contributed by atoms with Crippen molar-refractivity contribution < 1.29 is 0 Å². The molecule has 0 amide bonds. The highest BCUT2D eigenvalue weighted by atomic mass is 32.1. The molecule has 0 saturated carbocycles. The Bertz CT molecular complexity index is 289. The van der Waals surface area contributed by atoms with E-state index in [2.05, 4.69) is 15.3 Å². The predicted octanol–water partition coefficient (Wildman–Crippen LogP) is 1.63. The van der Waals surface area contributed by atoms with E-state index in [0.29, 0.717) is 0 Å². The van der Waals surface area contributed by atoms with Crippen molar-refractivity contribution in [2.24, 2.45) is 11.7 Å². The molecule has 2 heterocycles. The number of aromatic nitrogens is 1. The van der Waals surface area contributed by atoms with Crippen LogP contribution in [0.15, 0.2) is 5.38 Å². The first-order valence-electron chi connectivity index (χ1n) is 5.16. The molecule has 78 valence electrons. The van der Waals surface area contributed by atoms with Crippen LogP contribution in [0, 0.1) is 12.8 Å². The van der Waals surface area contributed by atoms with E-state index in [-0.39, 0.29) is 0 Å². The maximum Gasteiger partial charge on any atom is 0.185 e. The maximum atomic E-state index is 5.66. The molecule has 1 aliphatic heterocycles. The Kier molecular flexibility index (Phi) is 3.03. The number of piperidine rings is 1. The van der Waals surface area contributed by atoms with Crippen molar-refractivity contribution in [1.82, 2.24) is 4.98 Å². The summed E-state index contributed by atoms with van der Waals surface area (Å²) in [7, 11) is 0. The van der Waals surface area contributed by atoms with Gasteiger partial charge >= 0.3 is 0 Å². The number of nitrogens with zero attached hydrogens (tertiary/aromatic N) is 2. The Morgan fingerprint density at radius 3 is 2.79 bits per heavy atom. The highest BCUT2D eigenvalue weighted by molar-refractivity contribution is 7.13. The van der Waals surface area contributed by atoms with Gasteiger partial charge in [-0.2, -0.15) is 0 Å². The molecule has 2 rings (SSSR count). The van der Waals surface area contributed by atoms with Gasteiger partial charge in [0.25, 0.3) is 0 Å². The minimum absolute atomic E-state index is 0.729. The Balaban J connectivity index is 1.95. The molecule has 1 fully saturated rings. The summed E-state index contributed by atoms with van der Waals surface area (Å²) in [5, 5.41) is 3.29. The molecule has 0 aliphatic carbocycles. The van der Waals surface area contributed by atoms with Crippen LogP contribution in [0.5, 0.6) is 0 Å². The molecule has 0 unspecified atom stereocenters. The number of thiazole rings is 1. The summed E-state index contributed by atoms with van der Waals surface area (Å²) in [6, 6.07) is 0. The average molecular weight is 211 g/mol. The summed E-state index contributed by atoms with van der Waals surface area (Å²) in [6.45, 7) is 5.13. The molecule has 14 heavy (non-hydrogen) atoms.